The molecule has 3 nitrogen and oxygen atoms in total. The van der Waals surface area contributed by atoms with Gasteiger partial charge in [-0.25, -0.2) is 4.21 Å². The van der Waals surface area contributed by atoms with Crippen molar-refractivity contribution in [2.24, 2.45) is 5.41 Å². The van der Waals surface area contributed by atoms with Crippen molar-refractivity contribution in [3.63, 3.8) is 0 Å². The van der Waals surface area contributed by atoms with Crippen LogP contribution in [0.2, 0.25) is 0 Å². The molecule has 102 valence electrons. The minimum absolute atomic E-state index is 0.0332. The molecule has 0 aromatic carbocycles. The van der Waals surface area contributed by atoms with Crippen LogP contribution in [0, 0.1) is 5.41 Å². The van der Waals surface area contributed by atoms with E-state index < -0.39 is 11.1 Å². The lowest BCUT2D eigenvalue weighted by molar-refractivity contribution is 0.139. The van der Waals surface area contributed by atoms with E-state index in [0.717, 1.165) is 29.7 Å². The zero-order valence-electron chi connectivity index (χ0n) is 11.7. The molecular weight excluding hydrogens is 248 g/mol. The molecule has 0 fully saturated rings. The summed E-state index contributed by atoms with van der Waals surface area (Å²) in [5.74, 6) is 0.884. The summed E-state index contributed by atoms with van der Waals surface area (Å²) in [4.78, 5) is 0. The number of hydrogen-bond donors (Lipinski definition) is 1. The maximum absolute atomic E-state index is 11.8. The summed E-state index contributed by atoms with van der Waals surface area (Å²) in [6.45, 7) is 10.1. The first-order valence-corrected chi connectivity index (χ1v) is 7.60. The normalized spacial score (nSPS) is 33.0. The highest BCUT2D eigenvalue weighted by atomic mass is 32.2. The van der Waals surface area contributed by atoms with E-state index in [2.05, 4.69) is 13.8 Å². The molecule has 1 heterocycles. The van der Waals surface area contributed by atoms with E-state index in [0.29, 0.717) is 0 Å². The van der Waals surface area contributed by atoms with Crippen LogP contribution in [-0.2, 0) is 15.8 Å². The summed E-state index contributed by atoms with van der Waals surface area (Å²) in [6.07, 6.45) is 1.93. The van der Waals surface area contributed by atoms with Crippen LogP contribution in [0.1, 0.15) is 47.5 Å². The number of rotatable bonds is 1. The smallest absolute Gasteiger partial charge is 0.161 e. The molecule has 1 N–H and O–H groups in total. The van der Waals surface area contributed by atoms with Crippen LogP contribution in [0.5, 0.6) is 0 Å². The van der Waals surface area contributed by atoms with Crippen LogP contribution in [0.4, 0.5) is 0 Å². The Morgan fingerprint density at radius 3 is 2.56 bits per heavy atom. The second-order valence-corrected chi connectivity index (χ2v) is 7.05. The largest absolute Gasteiger partial charge is 0.491 e. The minimum atomic E-state index is -1.84. The summed E-state index contributed by atoms with van der Waals surface area (Å²) in [7, 11) is 0. The van der Waals surface area contributed by atoms with Gasteiger partial charge in [-0.15, -0.1) is 0 Å². The van der Waals surface area contributed by atoms with Gasteiger partial charge in [0.15, 0.2) is 11.1 Å². The molecule has 1 aliphatic heterocycles. The van der Waals surface area contributed by atoms with Gasteiger partial charge in [0.1, 0.15) is 6.10 Å². The highest BCUT2D eigenvalue weighted by Gasteiger charge is 2.44. The number of allylic oxidation sites excluding steroid dienone is 2. The van der Waals surface area contributed by atoms with E-state index in [1.165, 1.54) is 5.57 Å². The molecule has 0 aromatic heterocycles. The Bertz CT molecular complexity index is 460. The SMILES string of the molecule is CC1=C(C)C2=C(CCC(C)(C)C2S(=O)O)C(C)O1. The van der Waals surface area contributed by atoms with Crippen molar-refractivity contribution in [3.8, 4) is 0 Å². The summed E-state index contributed by atoms with van der Waals surface area (Å²) < 4.78 is 27.3. The first kappa shape index (κ1) is 13.8. The van der Waals surface area contributed by atoms with Crippen molar-refractivity contribution in [1.82, 2.24) is 0 Å². The molecule has 0 aromatic rings. The average molecular weight is 270 g/mol. The molecule has 0 saturated heterocycles. The third-order valence-electron chi connectivity index (χ3n) is 4.33. The highest BCUT2D eigenvalue weighted by Crippen LogP contribution is 2.47. The number of ether oxygens (including phenoxy) is 1. The Morgan fingerprint density at radius 2 is 2.00 bits per heavy atom. The van der Waals surface area contributed by atoms with Crippen molar-refractivity contribution in [2.75, 3.05) is 0 Å². The molecule has 3 unspecified atom stereocenters. The molecule has 2 aliphatic rings. The Hall–Kier alpha value is -0.610. The van der Waals surface area contributed by atoms with Gasteiger partial charge in [0.25, 0.3) is 0 Å². The molecule has 0 spiro atoms. The third-order valence-corrected chi connectivity index (χ3v) is 5.61. The Morgan fingerprint density at radius 1 is 1.39 bits per heavy atom. The standard InChI is InChI=1S/C14H22O3S/c1-8-9(2)17-10(3)11-6-7-14(4,5)13(12(8)11)18(15)16/h10,13H,6-7H2,1-5H3,(H,15,16). The maximum Gasteiger partial charge on any atom is 0.161 e. The van der Waals surface area contributed by atoms with Crippen molar-refractivity contribution in [2.45, 2.75) is 58.8 Å². The van der Waals surface area contributed by atoms with Crippen molar-refractivity contribution < 1.29 is 13.5 Å². The summed E-state index contributed by atoms with van der Waals surface area (Å²) in [5, 5.41) is -0.303. The fraction of sp³-hybridized carbons (Fsp3) is 0.714. The highest BCUT2D eigenvalue weighted by molar-refractivity contribution is 7.80. The minimum Gasteiger partial charge on any atom is -0.491 e. The lowest BCUT2D eigenvalue weighted by atomic mass is 9.70. The van der Waals surface area contributed by atoms with Crippen molar-refractivity contribution in [3.05, 3.63) is 22.5 Å². The van der Waals surface area contributed by atoms with E-state index in [9.17, 15) is 8.76 Å². The van der Waals surface area contributed by atoms with Crippen molar-refractivity contribution >= 4 is 11.1 Å². The van der Waals surface area contributed by atoms with Gasteiger partial charge >= 0.3 is 0 Å². The fourth-order valence-corrected chi connectivity index (χ4v) is 4.32. The van der Waals surface area contributed by atoms with Crippen LogP contribution >= 0.6 is 0 Å². The Kier molecular flexibility index (Phi) is 3.45. The van der Waals surface area contributed by atoms with Gasteiger partial charge in [0, 0.05) is 0 Å². The summed E-state index contributed by atoms with van der Waals surface area (Å²) in [6, 6.07) is 0. The predicted molar refractivity (Wildman–Crippen MR) is 73.5 cm³/mol. The van der Waals surface area contributed by atoms with Crippen LogP contribution in [0.15, 0.2) is 22.5 Å². The van der Waals surface area contributed by atoms with Gasteiger partial charge in [-0.1, -0.05) is 13.8 Å². The third kappa shape index (κ3) is 2.05. The molecule has 0 radical (unpaired) electrons. The average Bonchev–Trinajstić information content (AvgIpc) is 2.23. The van der Waals surface area contributed by atoms with Crippen LogP contribution in [-0.4, -0.2) is 20.1 Å². The first-order valence-electron chi connectivity index (χ1n) is 6.43. The van der Waals surface area contributed by atoms with E-state index >= 15 is 0 Å². The van der Waals surface area contributed by atoms with Gasteiger partial charge in [0.05, 0.1) is 11.0 Å². The second kappa shape index (κ2) is 4.49. The maximum atomic E-state index is 11.8. The molecule has 0 saturated carbocycles. The van der Waals surface area contributed by atoms with E-state index in [-0.39, 0.29) is 16.8 Å². The van der Waals surface area contributed by atoms with E-state index in [4.69, 9.17) is 4.74 Å². The Balaban J connectivity index is 2.61. The van der Waals surface area contributed by atoms with Gasteiger partial charge in [0.2, 0.25) is 0 Å². The molecule has 1 aliphatic carbocycles. The molecule has 4 heteroatoms. The summed E-state index contributed by atoms with van der Waals surface area (Å²) in [5.41, 5.74) is 3.19. The topological polar surface area (TPSA) is 46.5 Å². The molecule has 0 amide bonds. The lowest BCUT2D eigenvalue weighted by Gasteiger charge is -2.43. The predicted octanol–water partition coefficient (Wildman–Crippen LogP) is 3.41. The molecular formula is C14H22O3S. The molecule has 0 bridgehead atoms. The van der Waals surface area contributed by atoms with Gasteiger partial charge in [-0.3, -0.25) is 0 Å². The van der Waals surface area contributed by atoms with Gasteiger partial charge in [-0.2, -0.15) is 0 Å². The van der Waals surface area contributed by atoms with Crippen molar-refractivity contribution in [1.29, 1.82) is 0 Å². The van der Waals surface area contributed by atoms with Crippen LogP contribution < -0.4 is 0 Å². The summed E-state index contributed by atoms with van der Waals surface area (Å²) >= 11 is -1.84. The zero-order valence-corrected chi connectivity index (χ0v) is 12.6. The first-order chi connectivity index (χ1) is 8.25. The van der Waals surface area contributed by atoms with Crippen LogP contribution in [0.3, 0.4) is 0 Å². The number of hydrogen-bond acceptors (Lipinski definition) is 2. The van der Waals surface area contributed by atoms with E-state index in [1.807, 2.05) is 20.8 Å². The lowest BCUT2D eigenvalue weighted by Crippen LogP contribution is -2.42. The second-order valence-electron chi connectivity index (χ2n) is 6.02. The fourth-order valence-electron chi connectivity index (χ4n) is 3.13. The molecule has 18 heavy (non-hydrogen) atoms. The van der Waals surface area contributed by atoms with Gasteiger partial charge < -0.3 is 9.29 Å². The molecule has 3 atom stereocenters. The monoisotopic (exact) mass is 270 g/mol. The van der Waals surface area contributed by atoms with Gasteiger partial charge in [-0.05, 0) is 55.7 Å². The zero-order chi connectivity index (χ0) is 13.7. The molecule has 2 rings (SSSR count). The Labute approximate surface area is 112 Å². The quantitative estimate of drug-likeness (QED) is 0.743. The van der Waals surface area contributed by atoms with Crippen LogP contribution in [0.25, 0.3) is 0 Å². The van der Waals surface area contributed by atoms with E-state index in [1.54, 1.807) is 0 Å².